The first kappa shape index (κ1) is 17.7. The van der Waals surface area contributed by atoms with E-state index in [1.54, 1.807) is 6.92 Å². The molecule has 2 fully saturated rings. The summed E-state index contributed by atoms with van der Waals surface area (Å²) in [4.78, 5) is 24.8. The molecular formula is C19H24O7. The van der Waals surface area contributed by atoms with Crippen molar-refractivity contribution in [2.45, 2.75) is 63.3 Å². The van der Waals surface area contributed by atoms with E-state index in [0.717, 1.165) is 0 Å². The van der Waals surface area contributed by atoms with Crippen LogP contribution in [0.3, 0.4) is 0 Å². The van der Waals surface area contributed by atoms with Gasteiger partial charge in [0.2, 0.25) is 0 Å². The summed E-state index contributed by atoms with van der Waals surface area (Å²) in [7, 11) is 0. The molecule has 2 heterocycles. The largest absolute Gasteiger partial charge is 0.458 e. The van der Waals surface area contributed by atoms with Crippen molar-refractivity contribution in [3.8, 4) is 0 Å². The Hall–Kier alpha value is -1.70. The van der Waals surface area contributed by atoms with E-state index >= 15 is 0 Å². The fourth-order valence-electron chi connectivity index (χ4n) is 5.50. The Morgan fingerprint density at radius 2 is 2.00 bits per heavy atom. The van der Waals surface area contributed by atoms with Crippen LogP contribution in [0.5, 0.6) is 0 Å². The SMILES string of the molecule is C[C@@H](CO)c1oc(=O)cc2c1[C@@H](O)[C@H]1OC(=O)[C@@]3(C)CC[C@@H](O)[C@@]2(C)[C@@H]13. The molecule has 1 saturated heterocycles. The van der Waals surface area contributed by atoms with Crippen LogP contribution in [0.4, 0.5) is 0 Å². The highest BCUT2D eigenvalue weighted by Crippen LogP contribution is 2.63. The summed E-state index contributed by atoms with van der Waals surface area (Å²) in [6, 6.07) is 1.31. The van der Waals surface area contributed by atoms with Crippen molar-refractivity contribution in [1.29, 1.82) is 0 Å². The lowest BCUT2D eigenvalue weighted by Crippen LogP contribution is -2.60. The third-order valence-electron chi connectivity index (χ3n) is 6.94. The van der Waals surface area contributed by atoms with Gasteiger partial charge in [0.15, 0.2) is 0 Å². The van der Waals surface area contributed by atoms with Crippen molar-refractivity contribution in [3.05, 3.63) is 33.4 Å². The summed E-state index contributed by atoms with van der Waals surface area (Å²) in [5.74, 6) is -1.16. The van der Waals surface area contributed by atoms with Crippen molar-refractivity contribution >= 4 is 5.97 Å². The monoisotopic (exact) mass is 364 g/mol. The van der Waals surface area contributed by atoms with Crippen molar-refractivity contribution in [3.63, 3.8) is 0 Å². The summed E-state index contributed by atoms with van der Waals surface area (Å²) < 4.78 is 10.9. The fraction of sp³-hybridized carbons (Fsp3) is 0.684. The van der Waals surface area contributed by atoms with Crippen LogP contribution >= 0.6 is 0 Å². The third kappa shape index (κ3) is 1.94. The molecule has 0 radical (unpaired) electrons. The zero-order chi connectivity index (χ0) is 19.0. The normalized spacial score (nSPS) is 42.0. The predicted molar refractivity (Wildman–Crippen MR) is 89.5 cm³/mol. The number of fused-ring (bicyclic) bond motifs is 2. The van der Waals surface area contributed by atoms with Gasteiger partial charge in [0.05, 0.1) is 18.1 Å². The average Bonchev–Trinajstić information content (AvgIpc) is 2.88. The van der Waals surface area contributed by atoms with Gasteiger partial charge in [-0.2, -0.15) is 0 Å². The zero-order valence-electron chi connectivity index (χ0n) is 15.1. The molecule has 1 aromatic heterocycles. The van der Waals surface area contributed by atoms with Crippen LogP contribution in [0, 0.1) is 11.3 Å². The van der Waals surface area contributed by atoms with E-state index in [1.165, 1.54) is 6.07 Å². The van der Waals surface area contributed by atoms with E-state index in [4.69, 9.17) is 9.15 Å². The molecule has 1 saturated carbocycles. The Labute approximate surface area is 150 Å². The van der Waals surface area contributed by atoms with Gasteiger partial charge in [-0.15, -0.1) is 0 Å². The van der Waals surface area contributed by atoms with E-state index in [0.29, 0.717) is 24.0 Å². The van der Waals surface area contributed by atoms with Crippen LogP contribution in [0.2, 0.25) is 0 Å². The molecule has 26 heavy (non-hydrogen) atoms. The molecule has 0 bridgehead atoms. The molecule has 7 nitrogen and oxygen atoms in total. The second-order valence-electron chi connectivity index (χ2n) is 8.39. The molecular weight excluding hydrogens is 340 g/mol. The smallest absolute Gasteiger partial charge is 0.336 e. The number of carbonyl (C=O) groups excluding carboxylic acids is 1. The first-order valence-electron chi connectivity index (χ1n) is 9.02. The van der Waals surface area contributed by atoms with Crippen LogP contribution in [0.1, 0.15) is 62.5 Å². The van der Waals surface area contributed by atoms with Crippen LogP contribution in [-0.2, 0) is 14.9 Å². The second-order valence-corrected chi connectivity index (χ2v) is 8.39. The maximum absolute atomic E-state index is 12.6. The Morgan fingerprint density at radius 1 is 1.31 bits per heavy atom. The topological polar surface area (TPSA) is 117 Å². The summed E-state index contributed by atoms with van der Waals surface area (Å²) in [5, 5.41) is 31.5. The van der Waals surface area contributed by atoms with E-state index in [9.17, 15) is 24.9 Å². The van der Waals surface area contributed by atoms with Gasteiger partial charge in [0, 0.05) is 28.9 Å². The first-order valence-corrected chi connectivity index (χ1v) is 9.02. The number of aliphatic hydroxyl groups is 3. The van der Waals surface area contributed by atoms with Gasteiger partial charge in [-0.3, -0.25) is 4.79 Å². The van der Waals surface area contributed by atoms with Crippen molar-refractivity contribution in [1.82, 2.24) is 0 Å². The minimum Gasteiger partial charge on any atom is -0.458 e. The molecule has 0 amide bonds. The Kier molecular flexibility index (Phi) is 3.68. The lowest BCUT2D eigenvalue weighted by atomic mass is 9.48. The standard InChI is InChI=1S/C19H24O7/c1-8(7-20)14-12-9(6-11(22)25-14)19(3)10(21)4-5-18(2)16(19)15(13(12)23)26-17(18)24/h6,8,10,13,15-16,20-21,23H,4-5,7H2,1-3H3/t8-,10+,13+,15+,16-,18-,19-/m0/s1. The summed E-state index contributed by atoms with van der Waals surface area (Å²) in [6.45, 7) is 5.05. The van der Waals surface area contributed by atoms with E-state index < -0.39 is 46.6 Å². The van der Waals surface area contributed by atoms with Crippen LogP contribution in [-0.4, -0.2) is 40.1 Å². The summed E-state index contributed by atoms with van der Waals surface area (Å²) in [5.41, 5.74) is -1.51. The maximum atomic E-state index is 12.6. The fourth-order valence-corrected chi connectivity index (χ4v) is 5.50. The van der Waals surface area contributed by atoms with E-state index in [-0.39, 0.29) is 18.3 Å². The van der Waals surface area contributed by atoms with Gasteiger partial charge in [-0.05, 0) is 25.3 Å². The molecule has 0 spiro atoms. The van der Waals surface area contributed by atoms with Gasteiger partial charge < -0.3 is 24.5 Å². The van der Waals surface area contributed by atoms with E-state index in [1.807, 2.05) is 13.8 Å². The number of rotatable bonds is 2. The van der Waals surface area contributed by atoms with Crippen LogP contribution in [0.15, 0.2) is 15.3 Å². The number of hydrogen-bond donors (Lipinski definition) is 3. The minimum atomic E-state index is -1.17. The Morgan fingerprint density at radius 3 is 2.65 bits per heavy atom. The van der Waals surface area contributed by atoms with Crippen molar-refractivity contribution in [2.24, 2.45) is 11.3 Å². The maximum Gasteiger partial charge on any atom is 0.336 e. The molecule has 4 rings (SSSR count). The van der Waals surface area contributed by atoms with E-state index in [2.05, 4.69) is 0 Å². The Bertz CT molecular complexity index is 830. The second kappa shape index (κ2) is 5.41. The number of hydrogen-bond acceptors (Lipinski definition) is 7. The third-order valence-corrected chi connectivity index (χ3v) is 6.94. The number of aliphatic hydroxyl groups excluding tert-OH is 3. The minimum absolute atomic E-state index is 0.185. The predicted octanol–water partition coefficient (Wildman–Crippen LogP) is 0.743. The molecule has 142 valence electrons. The number of ether oxygens (including phenoxy) is 1. The highest BCUT2D eigenvalue weighted by molar-refractivity contribution is 5.81. The quantitative estimate of drug-likeness (QED) is 0.663. The van der Waals surface area contributed by atoms with Crippen LogP contribution in [0.25, 0.3) is 0 Å². The molecule has 1 aromatic rings. The molecule has 1 aliphatic heterocycles. The van der Waals surface area contributed by atoms with Crippen molar-refractivity contribution in [2.75, 3.05) is 6.61 Å². The summed E-state index contributed by atoms with van der Waals surface area (Å²) in [6.07, 6.45) is -1.92. The summed E-state index contributed by atoms with van der Waals surface area (Å²) >= 11 is 0. The number of carbonyl (C=O) groups is 1. The highest BCUT2D eigenvalue weighted by Gasteiger charge is 2.69. The molecule has 2 aliphatic carbocycles. The van der Waals surface area contributed by atoms with Gasteiger partial charge in [-0.25, -0.2) is 4.79 Å². The zero-order valence-corrected chi connectivity index (χ0v) is 15.1. The average molecular weight is 364 g/mol. The molecule has 7 atom stereocenters. The Balaban J connectivity index is 2.05. The molecule has 7 heteroatoms. The molecule has 3 N–H and O–H groups in total. The highest BCUT2D eigenvalue weighted by atomic mass is 16.6. The van der Waals surface area contributed by atoms with Crippen LogP contribution < -0.4 is 5.63 Å². The lowest BCUT2D eigenvalue weighted by Gasteiger charge is -2.54. The molecule has 3 aliphatic rings. The molecule has 0 aromatic carbocycles. The number of esters is 1. The van der Waals surface area contributed by atoms with Gasteiger partial charge in [0.25, 0.3) is 0 Å². The van der Waals surface area contributed by atoms with Gasteiger partial charge in [0.1, 0.15) is 18.0 Å². The van der Waals surface area contributed by atoms with Gasteiger partial charge >= 0.3 is 11.6 Å². The molecule has 0 unspecified atom stereocenters. The van der Waals surface area contributed by atoms with Gasteiger partial charge in [-0.1, -0.05) is 13.8 Å². The van der Waals surface area contributed by atoms with Crippen molar-refractivity contribution < 1.29 is 29.3 Å². The first-order chi connectivity index (χ1) is 12.2. The lowest BCUT2D eigenvalue weighted by molar-refractivity contribution is -0.151.